The van der Waals surface area contributed by atoms with Crippen LogP contribution in [0.5, 0.6) is 0 Å². The maximum absolute atomic E-state index is 10.3. The fraction of sp³-hybridized carbons (Fsp3) is 0.429. The molecule has 0 atom stereocenters. The Morgan fingerprint density at radius 1 is 1.24 bits per heavy atom. The van der Waals surface area contributed by atoms with Gasteiger partial charge >= 0.3 is 104 Å². The number of allylic oxidation sites excluding steroid dienone is 2. The van der Waals surface area contributed by atoms with Gasteiger partial charge in [0.15, 0.2) is 0 Å². The molecule has 0 radical (unpaired) electrons. The molecule has 0 aromatic heterocycles. The van der Waals surface area contributed by atoms with Gasteiger partial charge < -0.3 is 0 Å². The van der Waals surface area contributed by atoms with Gasteiger partial charge in [-0.05, 0) is 0 Å². The summed E-state index contributed by atoms with van der Waals surface area (Å²) < 4.78 is 10.3. The van der Waals surface area contributed by atoms with Crippen molar-refractivity contribution in [2.45, 2.75) is 19.8 Å². The summed E-state index contributed by atoms with van der Waals surface area (Å²) in [4.78, 5) is 2.03. The van der Waals surface area contributed by atoms with Crippen LogP contribution in [0.15, 0.2) is 36.4 Å². The van der Waals surface area contributed by atoms with Gasteiger partial charge in [0.05, 0.1) is 0 Å². The molecule has 0 aliphatic carbocycles. The summed E-state index contributed by atoms with van der Waals surface area (Å²) in [6.07, 6.45) is 6.74. The molecule has 0 bridgehead atoms. The molecule has 0 N–H and O–H groups in total. The third-order valence-corrected chi connectivity index (χ3v) is 2.78. The first-order valence-electron chi connectivity index (χ1n) is 6.07. The predicted octanol–water partition coefficient (Wildman–Crippen LogP) is 2.29. The molecule has 1 rings (SSSR count). The van der Waals surface area contributed by atoms with Gasteiger partial charge in [0.1, 0.15) is 0 Å². The van der Waals surface area contributed by atoms with Gasteiger partial charge in [-0.3, -0.25) is 0 Å². The number of hydrogen-bond donors (Lipinski definition) is 0. The first kappa shape index (κ1) is 13.8. The van der Waals surface area contributed by atoms with E-state index in [9.17, 15) is 4.70 Å². The summed E-state index contributed by atoms with van der Waals surface area (Å²) in [5.41, 5.74) is 2.67. The second kappa shape index (κ2) is 7.96. The summed E-state index contributed by atoms with van der Waals surface area (Å²) >= 11 is 0. The Balaban J connectivity index is 2.42. The molecule has 2 nitrogen and oxygen atoms in total. The van der Waals surface area contributed by atoms with Crippen molar-refractivity contribution < 1.29 is 4.70 Å². The number of rotatable bonds is 7. The average molecular weight is 229 g/mol. The number of benzene rings is 1. The molecule has 0 spiro atoms. The molecule has 0 fully saturated rings. The summed E-state index contributed by atoms with van der Waals surface area (Å²) in [6.45, 7) is 2.96. The SMILES string of the molecule is CC=CCc1ccc(CCN(C)CB=O)cc1. The fourth-order valence-corrected chi connectivity index (χ4v) is 1.63. The van der Waals surface area contributed by atoms with E-state index < -0.39 is 0 Å². The van der Waals surface area contributed by atoms with E-state index in [0.717, 1.165) is 26.5 Å². The van der Waals surface area contributed by atoms with Crippen LogP contribution in [0.1, 0.15) is 18.1 Å². The third kappa shape index (κ3) is 5.59. The minimum atomic E-state index is 0.513. The van der Waals surface area contributed by atoms with Crippen LogP contribution < -0.4 is 0 Å². The molecule has 0 aliphatic heterocycles. The van der Waals surface area contributed by atoms with E-state index in [-0.39, 0.29) is 0 Å². The molecule has 3 heteroatoms. The van der Waals surface area contributed by atoms with Gasteiger partial charge in [-0.1, -0.05) is 0 Å². The van der Waals surface area contributed by atoms with Crippen LogP contribution in [0.25, 0.3) is 0 Å². The number of likely N-dealkylation sites (N-methyl/N-ethyl adjacent to an activating group) is 1. The molecule has 1 aromatic carbocycles. The fourth-order valence-electron chi connectivity index (χ4n) is 1.63. The first-order chi connectivity index (χ1) is 8.26. The standard InChI is InChI=1S/C14H20BNO/c1-3-4-5-13-6-8-14(9-7-13)10-11-16(2)12-15-17/h3-4,6-9H,5,10-12H2,1-2H3. The quantitative estimate of drug-likeness (QED) is 0.528. The molecule has 17 heavy (non-hydrogen) atoms. The third-order valence-electron chi connectivity index (χ3n) is 2.78. The van der Waals surface area contributed by atoms with E-state index in [0.29, 0.717) is 6.44 Å². The van der Waals surface area contributed by atoms with Gasteiger partial charge in [0, 0.05) is 0 Å². The van der Waals surface area contributed by atoms with Gasteiger partial charge in [-0.15, -0.1) is 0 Å². The topological polar surface area (TPSA) is 20.3 Å². The van der Waals surface area contributed by atoms with Crippen LogP contribution in [0, 0.1) is 0 Å². The predicted molar refractivity (Wildman–Crippen MR) is 72.6 cm³/mol. The maximum atomic E-state index is 10.3. The monoisotopic (exact) mass is 229 g/mol. The summed E-state index contributed by atoms with van der Waals surface area (Å²) in [5.74, 6) is 0. The molecule has 0 heterocycles. The van der Waals surface area contributed by atoms with Crippen molar-refractivity contribution in [2.24, 2.45) is 0 Å². The summed E-state index contributed by atoms with van der Waals surface area (Å²) in [7, 11) is 2.91. The molecule has 90 valence electrons. The molecule has 0 saturated carbocycles. The zero-order chi connectivity index (χ0) is 12.5. The average Bonchev–Trinajstić information content (AvgIpc) is 2.35. The second-order valence-electron chi connectivity index (χ2n) is 4.27. The van der Waals surface area contributed by atoms with Crippen molar-refractivity contribution in [3.05, 3.63) is 47.5 Å². The van der Waals surface area contributed by atoms with E-state index >= 15 is 0 Å². The van der Waals surface area contributed by atoms with Crippen LogP contribution in [0.2, 0.25) is 0 Å². The van der Waals surface area contributed by atoms with Crippen molar-refractivity contribution in [2.75, 3.05) is 20.0 Å². The van der Waals surface area contributed by atoms with Crippen LogP contribution in [-0.2, 0) is 17.5 Å². The summed E-state index contributed by atoms with van der Waals surface area (Å²) in [6, 6.07) is 8.70. The Bertz CT molecular complexity index is 359. The van der Waals surface area contributed by atoms with Gasteiger partial charge in [0.2, 0.25) is 0 Å². The summed E-state index contributed by atoms with van der Waals surface area (Å²) in [5, 5.41) is 0. The number of hydrogen-bond acceptors (Lipinski definition) is 2. The molecular formula is C14H20BNO. The van der Waals surface area contributed by atoms with Crippen molar-refractivity contribution in [1.82, 2.24) is 4.90 Å². The normalized spacial score (nSPS) is 11.0. The van der Waals surface area contributed by atoms with Crippen LogP contribution in [0.3, 0.4) is 0 Å². The molecule has 0 amide bonds. The second-order valence-corrected chi connectivity index (χ2v) is 4.27. The van der Waals surface area contributed by atoms with Gasteiger partial charge in [0.25, 0.3) is 0 Å². The van der Waals surface area contributed by atoms with E-state index in [1.807, 2.05) is 18.9 Å². The zero-order valence-electron chi connectivity index (χ0n) is 10.7. The van der Waals surface area contributed by atoms with Crippen molar-refractivity contribution in [1.29, 1.82) is 0 Å². The Kier molecular flexibility index (Phi) is 6.49. The van der Waals surface area contributed by atoms with E-state index in [1.165, 1.54) is 11.1 Å². The Labute approximate surface area is 105 Å². The molecule has 0 aliphatic rings. The van der Waals surface area contributed by atoms with Crippen molar-refractivity contribution >= 4 is 7.15 Å². The van der Waals surface area contributed by atoms with Crippen LogP contribution >= 0.6 is 0 Å². The van der Waals surface area contributed by atoms with Gasteiger partial charge in [-0.25, -0.2) is 0 Å². The van der Waals surface area contributed by atoms with Crippen molar-refractivity contribution in [3.8, 4) is 0 Å². The molecule has 0 saturated heterocycles. The Morgan fingerprint density at radius 3 is 2.47 bits per heavy atom. The first-order valence-corrected chi connectivity index (χ1v) is 6.07. The van der Waals surface area contributed by atoms with E-state index in [2.05, 4.69) is 36.4 Å². The van der Waals surface area contributed by atoms with Crippen LogP contribution in [0.4, 0.5) is 0 Å². The van der Waals surface area contributed by atoms with Gasteiger partial charge in [-0.2, -0.15) is 0 Å². The van der Waals surface area contributed by atoms with Crippen LogP contribution in [-0.4, -0.2) is 32.1 Å². The molecule has 1 aromatic rings. The minimum absolute atomic E-state index is 0.513. The van der Waals surface area contributed by atoms with E-state index in [1.54, 1.807) is 0 Å². The Morgan fingerprint density at radius 2 is 1.88 bits per heavy atom. The number of nitrogens with zero attached hydrogens (tertiary/aromatic N) is 1. The van der Waals surface area contributed by atoms with Crippen molar-refractivity contribution in [3.63, 3.8) is 0 Å². The zero-order valence-corrected chi connectivity index (χ0v) is 10.7. The molecular weight excluding hydrogens is 209 g/mol. The van der Waals surface area contributed by atoms with E-state index in [4.69, 9.17) is 0 Å². The Hall–Kier alpha value is -1.22. The molecule has 0 unspecified atom stereocenters.